The van der Waals surface area contributed by atoms with Gasteiger partial charge in [0.05, 0.1) is 6.61 Å². The number of unbranched alkanes of at least 4 members (excludes halogenated alkanes) is 4. The number of hydrogen-bond donors (Lipinski definition) is 2. The Morgan fingerprint density at radius 3 is 2.67 bits per heavy atom. The Morgan fingerprint density at radius 1 is 1.27 bits per heavy atom. The average Bonchev–Trinajstić information content (AvgIpc) is 2.25. The zero-order valence-electron chi connectivity index (χ0n) is 9.63. The van der Waals surface area contributed by atoms with Crippen LogP contribution >= 0.6 is 0 Å². The van der Waals surface area contributed by atoms with E-state index < -0.39 is 0 Å². The Labute approximate surface area is 92.0 Å². The van der Waals surface area contributed by atoms with Crippen LogP contribution in [0.5, 0.6) is 0 Å². The van der Waals surface area contributed by atoms with E-state index in [0.29, 0.717) is 13.2 Å². The quantitative estimate of drug-likeness (QED) is 0.538. The largest absolute Gasteiger partial charge is 0.395 e. The summed E-state index contributed by atoms with van der Waals surface area (Å²) in [7, 11) is 0. The van der Waals surface area contributed by atoms with Crippen molar-refractivity contribution in [3.63, 3.8) is 0 Å². The molecule has 0 saturated heterocycles. The van der Waals surface area contributed by atoms with Crippen molar-refractivity contribution in [1.29, 1.82) is 0 Å². The lowest BCUT2D eigenvalue weighted by atomic mass is 10.2. The third-order valence-electron chi connectivity index (χ3n) is 2.06. The molecule has 0 aliphatic rings. The standard InChI is InChI=1S/C11H23NO3/c1-2-3-4-5-6-9-15-10-11(14)12-7-8-13/h13H,2-10H2,1H3,(H,12,14). The minimum absolute atomic E-state index is 0.0250. The predicted octanol–water partition coefficient (Wildman–Crippen LogP) is 1.08. The fourth-order valence-electron chi connectivity index (χ4n) is 1.22. The smallest absolute Gasteiger partial charge is 0.246 e. The van der Waals surface area contributed by atoms with Crippen LogP contribution in [0.15, 0.2) is 0 Å². The van der Waals surface area contributed by atoms with E-state index in [1.165, 1.54) is 25.7 Å². The average molecular weight is 217 g/mol. The van der Waals surface area contributed by atoms with E-state index >= 15 is 0 Å². The summed E-state index contributed by atoms with van der Waals surface area (Å²) in [5.41, 5.74) is 0. The molecule has 0 fully saturated rings. The monoisotopic (exact) mass is 217 g/mol. The summed E-state index contributed by atoms with van der Waals surface area (Å²) < 4.78 is 5.18. The van der Waals surface area contributed by atoms with Crippen molar-refractivity contribution in [3.05, 3.63) is 0 Å². The lowest BCUT2D eigenvalue weighted by molar-refractivity contribution is -0.125. The van der Waals surface area contributed by atoms with E-state index in [0.717, 1.165) is 6.42 Å². The zero-order valence-corrected chi connectivity index (χ0v) is 9.63. The topological polar surface area (TPSA) is 58.6 Å². The summed E-state index contributed by atoms with van der Waals surface area (Å²) in [6, 6.07) is 0. The number of aliphatic hydroxyl groups is 1. The fraction of sp³-hybridized carbons (Fsp3) is 0.909. The van der Waals surface area contributed by atoms with Crippen LogP contribution in [0, 0.1) is 0 Å². The van der Waals surface area contributed by atoms with E-state index in [4.69, 9.17) is 9.84 Å². The highest BCUT2D eigenvalue weighted by atomic mass is 16.5. The molecule has 4 nitrogen and oxygen atoms in total. The predicted molar refractivity (Wildman–Crippen MR) is 59.7 cm³/mol. The number of ether oxygens (including phenoxy) is 1. The second-order valence-corrected chi connectivity index (χ2v) is 3.54. The van der Waals surface area contributed by atoms with Crippen LogP contribution in [0.2, 0.25) is 0 Å². The van der Waals surface area contributed by atoms with Gasteiger partial charge in [0.25, 0.3) is 0 Å². The molecule has 0 atom stereocenters. The molecule has 0 aromatic heterocycles. The van der Waals surface area contributed by atoms with Gasteiger partial charge in [-0.1, -0.05) is 32.6 Å². The fourth-order valence-corrected chi connectivity index (χ4v) is 1.22. The van der Waals surface area contributed by atoms with Gasteiger partial charge in [0, 0.05) is 13.2 Å². The maximum atomic E-state index is 11.0. The summed E-state index contributed by atoms with van der Waals surface area (Å²) in [5, 5.41) is 11.0. The molecule has 0 saturated carbocycles. The van der Waals surface area contributed by atoms with Crippen molar-refractivity contribution in [3.8, 4) is 0 Å². The van der Waals surface area contributed by atoms with Crippen molar-refractivity contribution >= 4 is 5.91 Å². The molecule has 0 unspecified atom stereocenters. The minimum Gasteiger partial charge on any atom is -0.395 e. The van der Waals surface area contributed by atoms with Gasteiger partial charge in [0.1, 0.15) is 6.61 Å². The number of rotatable bonds is 10. The van der Waals surface area contributed by atoms with Crippen molar-refractivity contribution in [2.45, 2.75) is 39.0 Å². The van der Waals surface area contributed by atoms with Gasteiger partial charge in [0.2, 0.25) is 5.91 Å². The van der Waals surface area contributed by atoms with Crippen LogP contribution in [-0.2, 0) is 9.53 Å². The van der Waals surface area contributed by atoms with Crippen LogP contribution in [0.3, 0.4) is 0 Å². The van der Waals surface area contributed by atoms with Crippen LogP contribution in [-0.4, -0.2) is 37.4 Å². The Hall–Kier alpha value is -0.610. The maximum Gasteiger partial charge on any atom is 0.246 e. The summed E-state index contributed by atoms with van der Waals surface area (Å²) in [4.78, 5) is 11.0. The van der Waals surface area contributed by atoms with Gasteiger partial charge in [-0.15, -0.1) is 0 Å². The zero-order chi connectivity index (χ0) is 11.4. The Balaban J connectivity index is 3.06. The molecular formula is C11H23NO3. The highest BCUT2D eigenvalue weighted by Gasteiger charge is 1.99. The van der Waals surface area contributed by atoms with Gasteiger partial charge in [-0.3, -0.25) is 4.79 Å². The molecule has 0 aromatic rings. The molecule has 15 heavy (non-hydrogen) atoms. The first kappa shape index (κ1) is 14.4. The van der Waals surface area contributed by atoms with Crippen molar-refractivity contribution in [1.82, 2.24) is 5.32 Å². The Morgan fingerprint density at radius 2 is 2.00 bits per heavy atom. The Kier molecular flexibility index (Phi) is 11.0. The molecule has 2 N–H and O–H groups in total. The van der Waals surface area contributed by atoms with Gasteiger partial charge in [-0.25, -0.2) is 0 Å². The van der Waals surface area contributed by atoms with E-state index in [1.54, 1.807) is 0 Å². The van der Waals surface area contributed by atoms with Gasteiger partial charge in [0.15, 0.2) is 0 Å². The van der Waals surface area contributed by atoms with E-state index in [-0.39, 0.29) is 19.1 Å². The van der Waals surface area contributed by atoms with E-state index in [1.807, 2.05) is 0 Å². The lowest BCUT2D eigenvalue weighted by Crippen LogP contribution is -2.30. The maximum absolute atomic E-state index is 11.0. The summed E-state index contributed by atoms with van der Waals surface area (Å²) >= 11 is 0. The number of hydrogen-bond acceptors (Lipinski definition) is 3. The number of aliphatic hydroxyl groups excluding tert-OH is 1. The number of carbonyl (C=O) groups is 1. The molecular weight excluding hydrogens is 194 g/mol. The van der Waals surface area contributed by atoms with Gasteiger partial charge in [-0.05, 0) is 6.42 Å². The molecule has 0 aliphatic carbocycles. The summed E-state index contributed by atoms with van der Waals surface area (Å²) in [5.74, 6) is -0.155. The molecule has 0 radical (unpaired) electrons. The number of carbonyl (C=O) groups excluding carboxylic acids is 1. The molecule has 0 aliphatic heterocycles. The number of nitrogens with one attached hydrogen (secondary N) is 1. The van der Waals surface area contributed by atoms with Gasteiger partial charge >= 0.3 is 0 Å². The van der Waals surface area contributed by atoms with Gasteiger partial charge < -0.3 is 15.2 Å². The lowest BCUT2D eigenvalue weighted by Gasteiger charge is -2.04. The SMILES string of the molecule is CCCCCCCOCC(=O)NCCO. The third kappa shape index (κ3) is 11.3. The van der Waals surface area contributed by atoms with Crippen LogP contribution < -0.4 is 5.32 Å². The van der Waals surface area contributed by atoms with Crippen molar-refractivity contribution < 1.29 is 14.6 Å². The third-order valence-corrected chi connectivity index (χ3v) is 2.06. The van der Waals surface area contributed by atoms with Crippen LogP contribution in [0.1, 0.15) is 39.0 Å². The highest BCUT2D eigenvalue weighted by molar-refractivity contribution is 5.77. The molecule has 0 aromatic carbocycles. The second kappa shape index (κ2) is 11.5. The first-order valence-corrected chi connectivity index (χ1v) is 5.76. The van der Waals surface area contributed by atoms with Crippen molar-refractivity contribution in [2.24, 2.45) is 0 Å². The minimum atomic E-state index is -0.155. The first-order chi connectivity index (χ1) is 7.31. The van der Waals surface area contributed by atoms with Crippen LogP contribution in [0.25, 0.3) is 0 Å². The summed E-state index contributed by atoms with van der Waals surface area (Å²) in [6.07, 6.45) is 5.96. The molecule has 0 bridgehead atoms. The molecule has 0 heterocycles. The van der Waals surface area contributed by atoms with E-state index in [2.05, 4.69) is 12.2 Å². The normalized spacial score (nSPS) is 10.3. The molecule has 0 rings (SSSR count). The summed E-state index contributed by atoms with van der Waals surface area (Å²) in [6.45, 7) is 3.22. The molecule has 90 valence electrons. The van der Waals surface area contributed by atoms with Crippen LogP contribution in [0.4, 0.5) is 0 Å². The molecule has 0 spiro atoms. The first-order valence-electron chi connectivity index (χ1n) is 5.76. The molecule has 1 amide bonds. The van der Waals surface area contributed by atoms with E-state index in [9.17, 15) is 4.79 Å². The van der Waals surface area contributed by atoms with Gasteiger partial charge in [-0.2, -0.15) is 0 Å². The Bertz CT molecular complexity index is 151. The highest BCUT2D eigenvalue weighted by Crippen LogP contribution is 2.01. The number of amides is 1. The second-order valence-electron chi connectivity index (χ2n) is 3.54. The van der Waals surface area contributed by atoms with Crippen molar-refractivity contribution in [2.75, 3.05) is 26.4 Å². The molecule has 4 heteroatoms.